The van der Waals surface area contributed by atoms with Gasteiger partial charge in [-0.3, -0.25) is 14.7 Å². The molecular formula is C18H22N4O3. The SMILES string of the molecule is Cc1ccc(OCC(=O)N2CCC(c3cc(C(N)=O)n[nH]3)CC2)cc1. The fraction of sp³-hybridized carbons (Fsp3) is 0.389. The van der Waals surface area contributed by atoms with Crippen LogP contribution in [0.1, 0.15) is 40.5 Å². The predicted octanol–water partition coefficient (Wildman–Crippen LogP) is 1.60. The van der Waals surface area contributed by atoms with Crippen molar-refractivity contribution in [2.24, 2.45) is 5.73 Å². The Kier molecular flexibility index (Phi) is 5.02. The van der Waals surface area contributed by atoms with Crippen LogP contribution in [0, 0.1) is 6.92 Å². The van der Waals surface area contributed by atoms with Crippen molar-refractivity contribution < 1.29 is 14.3 Å². The van der Waals surface area contributed by atoms with Gasteiger partial charge < -0.3 is 15.4 Å². The molecule has 0 unspecified atom stereocenters. The van der Waals surface area contributed by atoms with Gasteiger partial charge in [0.05, 0.1) is 0 Å². The van der Waals surface area contributed by atoms with E-state index in [0.717, 1.165) is 24.1 Å². The molecule has 0 radical (unpaired) electrons. The van der Waals surface area contributed by atoms with Crippen LogP contribution in [0.3, 0.4) is 0 Å². The zero-order valence-electron chi connectivity index (χ0n) is 14.2. The zero-order chi connectivity index (χ0) is 17.8. The minimum absolute atomic E-state index is 0.0125. The predicted molar refractivity (Wildman–Crippen MR) is 92.3 cm³/mol. The van der Waals surface area contributed by atoms with Crippen LogP contribution in [0.2, 0.25) is 0 Å². The van der Waals surface area contributed by atoms with E-state index in [1.54, 1.807) is 6.07 Å². The van der Waals surface area contributed by atoms with Crippen molar-refractivity contribution in [1.82, 2.24) is 15.1 Å². The van der Waals surface area contributed by atoms with Crippen molar-refractivity contribution >= 4 is 11.8 Å². The van der Waals surface area contributed by atoms with Gasteiger partial charge in [0, 0.05) is 24.7 Å². The first-order valence-electron chi connectivity index (χ1n) is 8.35. The number of aryl methyl sites for hydroxylation is 1. The van der Waals surface area contributed by atoms with Gasteiger partial charge >= 0.3 is 0 Å². The Hall–Kier alpha value is -2.83. The van der Waals surface area contributed by atoms with Crippen LogP contribution in [0.5, 0.6) is 5.75 Å². The van der Waals surface area contributed by atoms with Gasteiger partial charge in [0.2, 0.25) is 0 Å². The summed E-state index contributed by atoms with van der Waals surface area (Å²) in [5.41, 5.74) is 7.52. The van der Waals surface area contributed by atoms with E-state index in [9.17, 15) is 9.59 Å². The first-order valence-corrected chi connectivity index (χ1v) is 8.35. The van der Waals surface area contributed by atoms with E-state index in [1.165, 1.54) is 0 Å². The van der Waals surface area contributed by atoms with Crippen LogP contribution < -0.4 is 10.5 Å². The summed E-state index contributed by atoms with van der Waals surface area (Å²) >= 11 is 0. The number of primary amides is 1. The summed E-state index contributed by atoms with van der Waals surface area (Å²) in [5.74, 6) is 0.401. The van der Waals surface area contributed by atoms with Gasteiger partial charge in [-0.2, -0.15) is 5.10 Å². The average molecular weight is 342 g/mol. The molecule has 1 aromatic carbocycles. The molecule has 1 saturated heterocycles. The molecule has 0 spiro atoms. The van der Waals surface area contributed by atoms with Gasteiger partial charge in [-0.05, 0) is 38.0 Å². The highest BCUT2D eigenvalue weighted by Crippen LogP contribution is 2.27. The van der Waals surface area contributed by atoms with Crippen molar-refractivity contribution in [1.29, 1.82) is 0 Å². The van der Waals surface area contributed by atoms with E-state index in [-0.39, 0.29) is 24.1 Å². The van der Waals surface area contributed by atoms with E-state index in [1.807, 2.05) is 36.1 Å². The number of nitrogens with zero attached hydrogens (tertiary/aromatic N) is 2. The highest BCUT2D eigenvalue weighted by Gasteiger charge is 2.25. The number of carbonyl (C=O) groups is 2. The zero-order valence-corrected chi connectivity index (χ0v) is 14.2. The Bertz CT molecular complexity index is 746. The van der Waals surface area contributed by atoms with Crippen molar-refractivity contribution in [3.05, 3.63) is 47.3 Å². The molecule has 7 nitrogen and oxygen atoms in total. The van der Waals surface area contributed by atoms with E-state index < -0.39 is 5.91 Å². The molecule has 1 fully saturated rings. The molecule has 7 heteroatoms. The van der Waals surface area contributed by atoms with Crippen LogP contribution in [-0.4, -0.2) is 46.6 Å². The summed E-state index contributed by atoms with van der Waals surface area (Å²) in [5, 5.41) is 6.79. The maximum Gasteiger partial charge on any atom is 0.269 e. The fourth-order valence-corrected chi connectivity index (χ4v) is 2.98. The molecule has 3 rings (SSSR count). The number of nitrogens with one attached hydrogen (secondary N) is 1. The topological polar surface area (TPSA) is 101 Å². The number of ether oxygens (including phenoxy) is 1. The number of likely N-dealkylation sites (tertiary alicyclic amines) is 1. The van der Waals surface area contributed by atoms with Crippen LogP contribution >= 0.6 is 0 Å². The largest absolute Gasteiger partial charge is 0.484 e. The van der Waals surface area contributed by atoms with E-state index in [4.69, 9.17) is 10.5 Å². The standard InChI is InChI=1S/C18H22N4O3/c1-12-2-4-14(5-3-12)25-11-17(23)22-8-6-13(7-9-22)15-10-16(18(19)24)21-20-15/h2-5,10,13H,6-9,11H2,1H3,(H2,19,24)(H,20,21). The molecule has 132 valence electrons. The lowest BCUT2D eigenvalue weighted by atomic mass is 9.93. The molecule has 2 heterocycles. The molecule has 0 atom stereocenters. The Balaban J connectivity index is 1.48. The minimum Gasteiger partial charge on any atom is -0.484 e. The maximum atomic E-state index is 12.3. The third-order valence-electron chi connectivity index (χ3n) is 4.52. The summed E-state index contributed by atoms with van der Waals surface area (Å²) in [7, 11) is 0. The Morgan fingerprint density at radius 3 is 2.56 bits per heavy atom. The highest BCUT2D eigenvalue weighted by atomic mass is 16.5. The van der Waals surface area contributed by atoms with Gasteiger partial charge in [0.25, 0.3) is 11.8 Å². The minimum atomic E-state index is -0.539. The molecule has 1 aliphatic heterocycles. The quantitative estimate of drug-likeness (QED) is 0.862. The summed E-state index contributed by atoms with van der Waals surface area (Å²) in [6.07, 6.45) is 1.63. The summed E-state index contributed by atoms with van der Waals surface area (Å²) in [6.45, 7) is 3.37. The van der Waals surface area contributed by atoms with E-state index in [0.29, 0.717) is 18.8 Å². The molecule has 1 aromatic heterocycles. The molecule has 1 aliphatic rings. The molecule has 3 N–H and O–H groups in total. The number of piperidine rings is 1. The molecule has 0 bridgehead atoms. The highest BCUT2D eigenvalue weighted by molar-refractivity contribution is 5.90. The molecule has 25 heavy (non-hydrogen) atoms. The Morgan fingerprint density at radius 1 is 1.28 bits per heavy atom. The summed E-state index contributed by atoms with van der Waals surface area (Å²) in [6, 6.07) is 9.34. The van der Waals surface area contributed by atoms with Crippen molar-refractivity contribution in [3.8, 4) is 5.75 Å². The van der Waals surface area contributed by atoms with Gasteiger partial charge in [0.15, 0.2) is 6.61 Å². The monoisotopic (exact) mass is 342 g/mol. The van der Waals surface area contributed by atoms with Crippen LogP contribution in [0.4, 0.5) is 0 Å². The first kappa shape index (κ1) is 17.0. The molecule has 2 amide bonds. The number of rotatable bonds is 5. The van der Waals surface area contributed by atoms with E-state index >= 15 is 0 Å². The van der Waals surface area contributed by atoms with Gasteiger partial charge in [-0.15, -0.1) is 0 Å². The molecule has 0 aliphatic carbocycles. The lowest BCUT2D eigenvalue weighted by Crippen LogP contribution is -2.40. The second kappa shape index (κ2) is 7.38. The Morgan fingerprint density at radius 2 is 1.96 bits per heavy atom. The average Bonchev–Trinajstić information content (AvgIpc) is 3.11. The normalized spacial score (nSPS) is 15.2. The fourth-order valence-electron chi connectivity index (χ4n) is 2.98. The molecule has 2 aromatic rings. The summed E-state index contributed by atoms with van der Waals surface area (Å²) in [4.78, 5) is 25.2. The van der Waals surface area contributed by atoms with Crippen LogP contribution in [0.25, 0.3) is 0 Å². The number of hydrogen-bond acceptors (Lipinski definition) is 4. The van der Waals surface area contributed by atoms with Gasteiger partial charge in [-0.25, -0.2) is 0 Å². The molecular weight excluding hydrogens is 320 g/mol. The lowest BCUT2D eigenvalue weighted by Gasteiger charge is -2.31. The third kappa shape index (κ3) is 4.17. The number of carbonyl (C=O) groups excluding carboxylic acids is 2. The van der Waals surface area contributed by atoms with Crippen molar-refractivity contribution in [2.45, 2.75) is 25.7 Å². The smallest absolute Gasteiger partial charge is 0.269 e. The maximum absolute atomic E-state index is 12.3. The number of benzene rings is 1. The van der Waals surface area contributed by atoms with Crippen molar-refractivity contribution in [3.63, 3.8) is 0 Å². The van der Waals surface area contributed by atoms with Crippen molar-refractivity contribution in [2.75, 3.05) is 19.7 Å². The number of nitrogens with two attached hydrogens (primary N) is 1. The van der Waals surface area contributed by atoms with Crippen LogP contribution in [0.15, 0.2) is 30.3 Å². The lowest BCUT2D eigenvalue weighted by molar-refractivity contribution is -0.134. The van der Waals surface area contributed by atoms with Gasteiger partial charge in [-0.1, -0.05) is 17.7 Å². The number of hydrogen-bond donors (Lipinski definition) is 2. The Labute approximate surface area is 146 Å². The van der Waals surface area contributed by atoms with Crippen LogP contribution in [-0.2, 0) is 4.79 Å². The molecule has 0 saturated carbocycles. The van der Waals surface area contributed by atoms with Gasteiger partial charge in [0.1, 0.15) is 11.4 Å². The summed E-state index contributed by atoms with van der Waals surface area (Å²) < 4.78 is 5.56. The number of aromatic amines is 1. The number of H-pyrrole nitrogens is 1. The second-order valence-electron chi connectivity index (χ2n) is 6.33. The number of aromatic nitrogens is 2. The third-order valence-corrected chi connectivity index (χ3v) is 4.52. The number of amides is 2. The second-order valence-corrected chi connectivity index (χ2v) is 6.33. The first-order chi connectivity index (χ1) is 12.0. The van der Waals surface area contributed by atoms with E-state index in [2.05, 4.69) is 10.2 Å².